The van der Waals surface area contributed by atoms with E-state index in [0.29, 0.717) is 44.6 Å². The van der Waals surface area contributed by atoms with E-state index in [4.69, 9.17) is 117 Å². The number of anilines is 5. The number of nitrogens with two attached hydrogens (primary N) is 6. The number of aliphatic hydroxyl groups excluding tert-OH is 5. The van der Waals surface area contributed by atoms with Crippen molar-refractivity contribution in [2.24, 2.45) is 11.7 Å². The number of phosphoric acid groups is 6. The van der Waals surface area contributed by atoms with E-state index in [2.05, 4.69) is 59.8 Å². The largest absolute Gasteiger partial charge is 0.472 e. The highest BCUT2D eigenvalue weighted by molar-refractivity contribution is 7.48. The monoisotopic (exact) mass is 2010 g/mol. The summed E-state index contributed by atoms with van der Waals surface area (Å²) in [5.74, 6) is -1.42. The summed E-state index contributed by atoms with van der Waals surface area (Å²) in [6.07, 6.45) is -20.8. The third-order valence-corrected chi connectivity index (χ3v) is 29.0. The van der Waals surface area contributed by atoms with Crippen LogP contribution in [0.5, 0.6) is 0 Å². The summed E-state index contributed by atoms with van der Waals surface area (Å²) in [7, 11) is -30.2. The molecule has 68 heteroatoms. The lowest BCUT2D eigenvalue weighted by Crippen LogP contribution is -2.36. The molecule has 12 aromatic rings. The van der Waals surface area contributed by atoms with Crippen LogP contribution in [0.1, 0.15) is 37.4 Å². The highest BCUT2D eigenvalue weighted by atomic mass is 31.2. The Kier molecular flexibility index (Phi) is 25.1. The smallest absolute Gasteiger partial charge is 0.398 e. The van der Waals surface area contributed by atoms with Crippen molar-refractivity contribution in [3.05, 3.63) is 130 Å². The molecule has 726 valence electrons. The normalized spacial score (nSPS) is 37.7. The predicted octanol–water partition coefficient (Wildman–Crippen LogP) is -2.76. The number of imidazole rings is 3. The van der Waals surface area contributed by atoms with Crippen LogP contribution < -0.4 is 51.1 Å². The predicted molar refractivity (Wildman–Crippen MR) is 446 cm³/mol. The first-order valence-electron chi connectivity index (χ1n) is 40.1. The number of pyridine rings is 3. The van der Waals surface area contributed by atoms with Crippen molar-refractivity contribution in [1.29, 1.82) is 0 Å². The first-order chi connectivity index (χ1) is 64.1. The van der Waals surface area contributed by atoms with Crippen LogP contribution in [-0.4, -0.2) is 292 Å². The topological polar surface area (TPSA) is 891 Å². The molecule has 30 atom stereocenters. The van der Waals surface area contributed by atoms with Crippen molar-refractivity contribution < 1.29 is 165 Å². The van der Waals surface area contributed by atoms with E-state index in [1.807, 2.05) is 0 Å². The van der Waals surface area contributed by atoms with Gasteiger partial charge in [-0.25, -0.2) is 62.3 Å². The average Bonchev–Trinajstić information content (AvgIpc) is 1.44. The molecular weight excluding hydrogens is 1930 g/mol. The van der Waals surface area contributed by atoms with Gasteiger partial charge >= 0.3 is 46.9 Å². The van der Waals surface area contributed by atoms with Crippen LogP contribution in [-0.2, 0) is 110 Å². The van der Waals surface area contributed by atoms with Gasteiger partial charge in [-0.15, -0.1) is 0 Å². The first kappa shape index (κ1) is 94.3. The van der Waals surface area contributed by atoms with Crippen LogP contribution >= 0.6 is 46.9 Å². The number of nitrogens with one attached hydrogen (secondary N) is 3. The quantitative estimate of drug-likeness (QED) is 0.0719. The molecule has 21 rings (SSSR count). The van der Waals surface area contributed by atoms with Gasteiger partial charge in [-0.1, -0.05) is 0 Å². The summed E-state index contributed by atoms with van der Waals surface area (Å²) in [6.45, 7) is -4.75. The molecule has 0 radical (unpaired) electrons. The lowest BCUT2D eigenvalue weighted by atomic mass is 9.99. The van der Waals surface area contributed by atoms with Gasteiger partial charge in [0, 0.05) is 71.8 Å². The van der Waals surface area contributed by atoms with Crippen molar-refractivity contribution >= 4 is 142 Å². The van der Waals surface area contributed by atoms with Crippen LogP contribution in [0.2, 0.25) is 0 Å². The maximum atomic E-state index is 13.4. The summed E-state index contributed by atoms with van der Waals surface area (Å²) in [6, 6.07) is 9.30. The molecule has 0 spiro atoms. The van der Waals surface area contributed by atoms with Crippen molar-refractivity contribution in [1.82, 2.24) is 87.2 Å². The number of aromatic amines is 3. The number of hydrogen-bond donors (Lipinski definition) is 20. The summed E-state index contributed by atoms with van der Waals surface area (Å²) in [5, 5.41) is 56.7. The molecule has 0 saturated carbocycles. The number of hydrogen-bond acceptors (Lipinski definition) is 47. The molecule has 12 aromatic heterocycles. The zero-order valence-electron chi connectivity index (χ0n) is 68.3. The molecule has 26 N–H and O–H groups in total. The van der Waals surface area contributed by atoms with Gasteiger partial charge in [-0.2, -0.15) is 9.97 Å². The maximum absolute atomic E-state index is 13.4. The minimum Gasteiger partial charge on any atom is -0.398 e. The molecule has 9 aliphatic heterocycles. The van der Waals surface area contributed by atoms with E-state index in [0.717, 1.165) is 12.7 Å². The Morgan fingerprint density at radius 3 is 1.15 bits per heavy atom. The molecule has 9 saturated heterocycles. The number of rotatable bonds is 7. The molecule has 6 bridgehead atoms. The summed E-state index contributed by atoms with van der Waals surface area (Å²) < 4.78 is 186. The van der Waals surface area contributed by atoms with Crippen molar-refractivity contribution in [2.45, 2.75) is 141 Å². The zero-order valence-corrected chi connectivity index (χ0v) is 73.7. The van der Waals surface area contributed by atoms with Crippen LogP contribution in [0.25, 0.3) is 66.6 Å². The fourth-order valence-electron chi connectivity index (χ4n) is 16.9. The Hall–Kier alpha value is -9.70. The Morgan fingerprint density at radius 1 is 0.341 bits per heavy atom. The van der Waals surface area contributed by atoms with Crippen LogP contribution in [0.4, 0.5) is 29.0 Å². The van der Waals surface area contributed by atoms with E-state index in [1.165, 1.54) is 89.4 Å². The molecule has 0 aliphatic carbocycles. The number of H-pyrrole nitrogens is 3. The Morgan fingerprint density at radius 2 is 0.674 bits per heavy atom. The molecule has 9 fully saturated rings. The third kappa shape index (κ3) is 18.1. The Bertz CT molecular complexity index is 7060. The SMILES string of the molecule is NC[C@H]1[C@H]2OP(=O)(O)OC[C@H]3O[C@@H](n4cnc5c(N)ccnc54)[C@H](O)[C@@H]3OP(=O)(O)OC[C@H]1O[C@H]2n1cnc2c(=O)[nH]c(N)nc21.Nc1ccnc2c1ccn2[C@@H]1O[C@@H]2COP(=O)(O)O[C@@H]3[C@H](O)[C@@H](COP(=O)(O)O[C@H]2[C@H]1O)O[C@H]3n1cnc2c(=O)[nH]cnc21.Nc1nc2c(ccn2[C@@H]2O[C@@H]3COP(=O)(O)O[C@H]4[C@@H](O)[C@H](n5ccc6c(N)ccnc65)O[C@@H]4COP(=O)(O)O[C@@H]2[C@@H]3O)c(=O)[nH]1. The number of fused-ring (bicyclic) bond motifs is 15. The molecule has 135 heavy (non-hydrogen) atoms. The van der Waals surface area contributed by atoms with E-state index < -0.39 is 250 Å². The first-order valence-corrected chi connectivity index (χ1v) is 49.0. The van der Waals surface area contributed by atoms with Gasteiger partial charge in [-0.3, -0.25) is 92.3 Å². The van der Waals surface area contributed by atoms with Crippen LogP contribution in [0.3, 0.4) is 0 Å². The second-order valence-electron chi connectivity index (χ2n) is 31.4. The van der Waals surface area contributed by atoms with Gasteiger partial charge in [0.15, 0.2) is 71.0 Å². The van der Waals surface area contributed by atoms with Crippen molar-refractivity contribution in [3.8, 4) is 0 Å². The van der Waals surface area contributed by atoms with Crippen LogP contribution in [0, 0.1) is 5.92 Å². The minimum atomic E-state index is -5.07. The second-order valence-corrected chi connectivity index (χ2v) is 39.9. The van der Waals surface area contributed by atoms with E-state index in [-0.39, 0.29) is 57.4 Å². The zero-order chi connectivity index (χ0) is 95.3. The fourth-order valence-corrected chi connectivity index (χ4v) is 22.6. The third-order valence-electron chi connectivity index (χ3n) is 23.1. The van der Waals surface area contributed by atoms with E-state index in [9.17, 15) is 96.7 Å². The number of aromatic nitrogens is 18. The Balaban J connectivity index is 0.000000130. The number of nitrogen functional groups attached to an aromatic ring is 5. The van der Waals surface area contributed by atoms with E-state index >= 15 is 0 Å². The molecule has 0 amide bonds. The lowest BCUT2D eigenvalue weighted by Gasteiger charge is -2.26. The second kappa shape index (κ2) is 35.9. The number of aliphatic hydroxyl groups is 5. The Labute approximate surface area is 749 Å². The van der Waals surface area contributed by atoms with Gasteiger partial charge in [0.2, 0.25) is 11.9 Å². The van der Waals surface area contributed by atoms with Crippen molar-refractivity contribution in [2.75, 3.05) is 74.9 Å². The summed E-state index contributed by atoms with van der Waals surface area (Å²) in [5.41, 5.74) is 35.5. The number of ether oxygens (including phenoxy) is 6. The molecule has 62 nitrogen and oxygen atoms in total. The van der Waals surface area contributed by atoms with Gasteiger partial charge in [0.1, 0.15) is 114 Å². The van der Waals surface area contributed by atoms with Gasteiger partial charge in [0.05, 0.1) is 82.1 Å². The van der Waals surface area contributed by atoms with Crippen molar-refractivity contribution in [3.63, 3.8) is 0 Å². The van der Waals surface area contributed by atoms with Crippen LogP contribution in [0.15, 0.2) is 113 Å². The highest BCUT2D eigenvalue weighted by Crippen LogP contribution is 2.59. The lowest BCUT2D eigenvalue weighted by molar-refractivity contribution is -0.0672. The molecule has 0 aromatic carbocycles. The minimum absolute atomic E-state index is 0.00871. The fraction of sp³-hybridized carbons (Fsp3) is 0.463. The number of nitrogens with zero attached hydrogens (tertiary/aromatic N) is 15. The standard InChI is InChI=1S/C23H27N7O13P2.C22H28N10O12P2.C22H25N7O13P2/c24-11-1-4-26-18-9(11)2-5-29(18)21-15(32)16-13(41-21)8-39-45(36,37)43-17-14(31)12(7-38-44(34,35)42-16)40-22(17)30-6-3-10-19(30)27-23(25)28-20(10)33;23-3-8-10-4-39-46(37,38)44-16-11(42-20(14(16)33)31-6-27-12-9(24)1-2-26-17(12)31)5-40-45(35,36)43-15(8)21(41-10)32-7-28-13-18(32)29-22(25)30-19(13)34;23-10-1-3-24-18-9(10)2-4-28(18)21-15(31)16-12(40-21)6-38-44(35,36)42-17-14(30)11(5-37-43(33,34)41-16)39-22(17)29-8-27-13-19(29)25-7-26-20(13)32/h1-6,12-17,21-22,31-32H,7-8H2,(H2,24,26)(H,34,35)(H,36,37)(H3,25,27,28,33);1-2,6-8,10-11,14-16,20-21,33H,3-5,23H2,(H2,24,26)(H,35,36)(H,37,38)(H3,25,29,30,34);1-4,7-8,11-12,14-17,21-22,30-31H,5-6H2,(H2,23,24)(H,33,34)(H,35,36)(H,25,26,32)/t12-,13-,14-,15-,16-,17-,21-,22-;8-,10-,11-,14-,15-,16-,20-,21-;11-,12-,14-,15-,16-,17-,21-,22-/m111/s1. The van der Waals surface area contributed by atoms with Gasteiger partial charge in [0.25, 0.3) is 16.7 Å². The molecule has 6 unspecified atom stereocenters. The van der Waals surface area contributed by atoms with Gasteiger partial charge in [-0.05, 0) is 36.4 Å². The number of phosphoric ester groups is 6. The molecular formula is C67H80N24O38P6. The molecule has 21 heterocycles. The van der Waals surface area contributed by atoms with Gasteiger partial charge < -0.3 is 136 Å². The summed E-state index contributed by atoms with van der Waals surface area (Å²) in [4.78, 5) is 145. The average molecular weight is 2020 g/mol. The highest BCUT2D eigenvalue weighted by Gasteiger charge is 2.59. The summed E-state index contributed by atoms with van der Waals surface area (Å²) >= 11 is 0. The maximum Gasteiger partial charge on any atom is 0.472 e. The van der Waals surface area contributed by atoms with E-state index in [1.54, 1.807) is 24.3 Å². The molecule has 9 aliphatic rings.